The van der Waals surface area contributed by atoms with E-state index in [4.69, 9.17) is 9.47 Å². The van der Waals surface area contributed by atoms with Gasteiger partial charge in [0.15, 0.2) is 0 Å². The number of rotatable bonds is 9. The lowest BCUT2D eigenvalue weighted by molar-refractivity contribution is -0.00000741. The summed E-state index contributed by atoms with van der Waals surface area (Å²) in [7, 11) is -2.04. The van der Waals surface area contributed by atoms with Crippen molar-refractivity contribution in [3.63, 3.8) is 0 Å². The van der Waals surface area contributed by atoms with E-state index >= 15 is 0 Å². The van der Waals surface area contributed by atoms with Crippen LogP contribution in [0.4, 0.5) is 0 Å². The zero-order valence-corrected chi connectivity index (χ0v) is 21.6. The lowest BCUT2D eigenvalue weighted by atomic mass is 10.2. The Balaban J connectivity index is 0.00000306. The smallest absolute Gasteiger partial charge is 0.129 e. The summed E-state index contributed by atoms with van der Waals surface area (Å²) >= 11 is 0. The van der Waals surface area contributed by atoms with Gasteiger partial charge < -0.3 is 26.5 Å². The van der Waals surface area contributed by atoms with E-state index in [1.54, 1.807) is 0 Å². The van der Waals surface area contributed by atoms with Gasteiger partial charge in [-0.1, -0.05) is 60.7 Å². The number of halogens is 1. The maximum absolute atomic E-state index is 6.12. The van der Waals surface area contributed by atoms with Gasteiger partial charge in [-0.2, -0.15) is 0 Å². The minimum Gasteiger partial charge on any atom is -1.00 e. The summed E-state index contributed by atoms with van der Waals surface area (Å²) in [6, 6.07) is 39.0. The molecule has 0 saturated carbocycles. The van der Waals surface area contributed by atoms with Crippen LogP contribution in [0.15, 0.2) is 109 Å². The molecule has 0 aliphatic rings. The quantitative estimate of drug-likeness (QED) is 0.316. The van der Waals surface area contributed by atoms with E-state index in [9.17, 15) is 0 Å². The highest BCUT2D eigenvalue weighted by Gasteiger charge is 2.46. The molecule has 4 aromatic carbocycles. The zero-order valence-electron chi connectivity index (χ0n) is 19.2. The van der Waals surface area contributed by atoms with Gasteiger partial charge in [0.25, 0.3) is 0 Å². The van der Waals surface area contributed by atoms with Crippen LogP contribution in [0.1, 0.15) is 19.4 Å². The lowest BCUT2D eigenvalue weighted by Crippen LogP contribution is -3.00. The highest BCUT2D eigenvalue weighted by Crippen LogP contribution is 2.60. The van der Waals surface area contributed by atoms with Crippen molar-refractivity contribution in [1.29, 1.82) is 0 Å². The third kappa shape index (κ3) is 5.32. The topological polar surface area (TPSA) is 18.5 Å². The van der Waals surface area contributed by atoms with E-state index in [-0.39, 0.29) is 17.0 Å². The molecule has 4 rings (SSSR count). The van der Waals surface area contributed by atoms with Crippen LogP contribution in [0.3, 0.4) is 0 Å². The van der Waals surface area contributed by atoms with Crippen molar-refractivity contribution in [1.82, 2.24) is 0 Å². The fraction of sp³-hybridized carbons (Fsp3) is 0.172. The average Bonchev–Trinajstić information content (AvgIpc) is 2.86. The minimum atomic E-state index is -2.04. The van der Waals surface area contributed by atoms with E-state index < -0.39 is 7.26 Å². The third-order valence-corrected chi connectivity index (χ3v) is 10.0. The molecule has 33 heavy (non-hydrogen) atoms. The van der Waals surface area contributed by atoms with Crippen LogP contribution >= 0.6 is 7.26 Å². The monoisotopic (exact) mass is 520 g/mol. The van der Waals surface area contributed by atoms with Crippen molar-refractivity contribution in [2.24, 2.45) is 0 Å². The molecule has 0 bridgehead atoms. The molecule has 170 valence electrons. The summed E-state index contributed by atoms with van der Waals surface area (Å²) < 4.78 is 12.2. The van der Waals surface area contributed by atoms with Gasteiger partial charge in [-0.15, -0.1) is 0 Å². The Morgan fingerprint density at radius 1 is 0.515 bits per heavy atom. The van der Waals surface area contributed by atoms with Gasteiger partial charge in [-0.3, -0.25) is 0 Å². The van der Waals surface area contributed by atoms with Crippen molar-refractivity contribution in [3.05, 3.63) is 115 Å². The van der Waals surface area contributed by atoms with E-state index in [2.05, 4.69) is 103 Å². The molecule has 0 atom stereocenters. The maximum atomic E-state index is 6.12. The Bertz CT molecular complexity index is 997. The second kappa shape index (κ2) is 12.0. The van der Waals surface area contributed by atoms with Gasteiger partial charge in [-0.25, -0.2) is 0 Å². The van der Waals surface area contributed by atoms with Gasteiger partial charge in [-0.05, 0) is 62.4 Å². The molecule has 0 heterocycles. The van der Waals surface area contributed by atoms with Crippen LogP contribution in [0.2, 0.25) is 0 Å². The second-order valence-corrected chi connectivity index (χ2v) is 11.1. The Morgan fingerprint density at radius 3 is 1.21 bits per heavy atom. The fourth-order valence-corrected chi connectivity index (χ4v) is 8.56. The van der Waals surface area contributed by atoms with E-state index in [1.807, 2.05) is 19.9 Å². The van der Waals surface area contributed by atoms with Crippen molar-refractivity contribution in [2.75, 3.05) is 13.2 Å². The summed E-state index contributed by atoms with van der Waals surface area (Å²) in [6.07, 6.45) is 0.830. The van der Waals surface area contributed by atoms with Gasteiger partial charge in [0.2, 0.25) is 0 Å². The van der Waals surface area contributed by atoms with Gasteiger partial charge in [0.05, 0.1) is 18.8 Å². The molecular weight excluding hydrogens is 491 g/mol. The molecule has 0 aliphatic heterocycles. The largest absolute Gasteiger partial charge is 1.00 e. The Morgan fingerprint density at radius 2 is 0.879 bits per heavy atom. The van der Waals surface area contributed by atoms with Gasteiger partial charge >= 0.3 is 0 Å². The molecule has 0 unspecified atom stereocenters. The normalized spacial score (nSPS) is 10.8. The van der Waals surface area contributed by atoms with Gasteiger partial charge in [0.1, 0.15) is 40.8 Å². The Labute approximate surface area is 208 Å². The highest BCUT2D eigenvalue weighted by molar-refractivity contribution is 7.95. The molecular formula is C29H30BrO2P. The SMILES string of the molecule is CCOc1cccc(OCC)c1C[P+](c1ccccc1)(c1ccccc1)c1ccccc1.[Br-]. The second-order valence-electron chi connectivity index (χ2n) is 7.57. The Kier molecular flexibility index (Phi) is 9.11. The third-order valence-electron chi connectivity index (χ3n) is 5.68. The maximum Gasteiger partial charge on any atom is 0.129 e. The van der Waals surface area contributed by atoms with Crippen molar-refractivity contribution >= 4 is 23.2 Å². The molecule has 0 saturated heterocycles. The first kappa shape index (κ1) is 25.0. The number of benzene rings is 4. The molecule has 0 amide bonds. The number of hydrogen-bond acceptors (Lipinski definition) is 2. The van der Waals surface area contributed by atoms with E-state index in [0.717, 1.165) is 23.2 Å². The van der Waals surface area contributed by atoms with E-state index in [1.165, 1.54) is 15.9 Å². The van der Waals surface area contributed by atoms with Crippen LogP contribution in [0.5, 0.6) is 11.5 Å². The molecule has 4 heteroatoms. The minimum absolute atomic E-state index is 0. The predicted molar refractivity (Wildman–Crippen MR) is 138 cm³/mol. The first-order valence-electron chi connectivity index (χ1n) is 11.2. The molecule has 0 radical (unpaired) electrons. The summed E-state index contributed by atoms with van der Waals surface area (Å²) in [4.78, 5) is 0. The molecule has 2 nitrogen and oxygen atoms in total. The first-order valence-corrected chi connectivity index (χ1v) is 13.2. The van der Waals surface area contributed by atoms with Crippen molar-refractivity contribution < 1.29 is 26.5 Å². The van der Waals surface area contributed by atoms with Crippen LogP contribution in [0.25, 0.3) is 0 Å². The summed E-state index contributed by atoms with van der Waals surface area (Å²) in [6.45, 7) is 5.31. The van der Waals surface area contributed by atoms with E-state index in [0.29, 0.717) is 13.2 Å². The molecule has 0 spiro atoms. The standard InChI is InChI=1S/C29H30O2P.BrH/c1-3-30-28-21-14-22-29(31-4-2)27(28)23-32(24-15-8-5-9-16-24,25-17-10-6-11-18-25)26-19-12-7-13-20-26;/h5-22H,3-4,23H2,1-2H3;1H/q+1;/p-1. The molecule has 0 fully saturated rings. The predicted octanol–water partition coefficient (Wildman–Crippen LogP) is 2.98. The first-order chi connectivity index (χ1) is 15.8. The Hall–Kier alpha value is -2.61. The van der Waals surface area contributed by atoms with Crippen LogP contribution in [-0.4, -0.2) is 13.2 Å². The lowest BCUT2D eigenvalue weighted by Gasteiger charge is -2.29. The molecule has 4 aromatic rings. The highest BCUT2D eigenvalue weighted by atomic mass is 79.9. The summed E-state index contributed by atoms with van der Waals surface area (Å²) in [5.74, 6) is 1.82. The number of ether oxygens (including phenoxy) is 2. The average molecular weight is 521 g/mol. The molecule has 0 N–H and O–H groups in total. The molecule has 0 aromatic heterocycles. The zero-order chi connectivity index (χ0) is 22.2. The van der Waals surface area contributed by atoms with Gasteiger partial charge in [0, 0.05) is 0 Å². The van der Waals surface area contributed by atoms with Crippen molar-refractivity contribution in [3.8, 4) is 11.5 Å². The fourth-order valence-electron chi connectivity index (χ4n) is 4.29. The van der Waals surface area contributed by atoms with Crippen LogP contribution in [0, 0.1) is 0 Å². The summed E-state index contributed by atoms with van der Waals surface area (Å²) in [5.41, 5.74) is 1.14. The van der Waals surface area contributed by atoms with Crippen LogP contribution < -0.4 is 42.4 Å². The number of hydrogen-bond donors (Lipinski definition) is 0. The summed E-state index contributed by atoms with van der Waals surface area (Å²) in [5, 5.41) is 4.06. The van der Waals surface area contributed by atoms with Crippen LogP contribution in [-0.2, 0) is 6.16 Å². The molecule has 0 aliphatic carbocycles. The van der Waals surface area contributed by atoms with Crippen molar-refractivity contribution in [2.45, 2.75) is 20.0 Å².